The standard InChI is InChI=1S/C32H35N3O5S/c1-21-8-9-22(2)30(16-21)41(38,39)34-32(37)25-10-11-26(29(18-25)40-3)20-35-15-14-24-12-13-27(19-28(24)35)33-31(36)17-23-6-4-5-7-23/h8-16,18-19,23H,4-7,17,20H2,1-3H3,(H,33,36)(H,34,37). The third-order valence-electron chi connectivity index (χ3n) is 7.76. The minimum atomic E-state index is -4.05. The molecule has 5 rings (SSSR count). The van der Waals surface area contributed by atoms with Crippen molar-refractivity contribution in [3.63, 3.8) is 0 Å². The second kappa shape index (κ2) is 11.8. The van der Waals surface area contributed by atoms with Crippen molar-refractivity contribution >= 4 is 38.4 Å². The summed E-state index contributed by atoms with van der Waals surface area (Å²) in [5, 5.41) is 4.08. The summed E-state index contributed by atoms with van der Waals surface area (Å²) >= 11 is 0. The van der Waals surface area contributed by atoms with Crippen molar-refractivity contribution in [1.82, 2.24) is 9.29 Å². The molecule has 1 fully saturated rings. The van der Waals surface area contributed by atoms with E-state index in [1.54, 1.807) is 44.2 Å². The monoisotopic (exact) mass is 573 g/mol. The van der Waals surface area contributed by atoms with Gasteiger partial charge in [0, 0.05) is 29.4 Å². The lowest BCUT2D eigenvalue weighted by Gasteiger charge is -2.14. The number of hydrogen-bond donors (Lipinski definition) is 2. The number of carbonyl (C=O) groups excluding carboxylic acids is 2. The van der Waals surface area contributed by atoms with Gasteiger partial charge >= 0.3 is 0 Å². The van der Waals surface area contributed by atoms with Crippen LogP contribution in [0.1, 0.15) is 59.2 Å². The van der Waals surface area contributed by atoms with Gasteiger partial charge in [0.25, 0.3) is 15.9 Å². The van der Waals surface area contributed by atoms with Gasteiger partial charge in [-0.05, 0) is 85.5 Å². The molecule has 3 aromatic carbocycles. The molecule has 0 atom stereocenters. The Morgan fingerprint density at radius 2 is 1.76 bits per heavy atom. The van der Waals surface area contributed by atoms with Crippen LogP contribution in [0.5, 0.6) is 5.75 Å². The van der Waals surface area contributed by atoms with Crippen LogP contribution in [0.3, 0.4) is 0 Å². The molecule has 214 valence electrons. The number of benzene rings is 3. The van der Waals surface area contributed by atoms with E-state index in [-0.39, 0.29) is 16.4 Å². The lowest BCUT2D eigenvalue weighted by Crippen LogP contribution is -2.31. The smallest absolute Gasteiger partial charge is 0.265 e. The van der Waals surface area contributed by atoms with E-state index in [2.05, 4.69) is 10.0 Å². The van der Waals surface area contributed by atoms with Crippen molar-refractivity contribution in [2.75, 3.05) is 12.4 Å². The van der Waals surface area contributed by atoms with Crippen molar-refractivity contribution in [2.24, 2.45) is 5.92 Å². The molecule has 0 aliphatic heterocycles. The molecular weight excluding hydrogens is 538 g/mol. The highest BCUT2D eigenvalue weighted by atomic mass is 32.2. The maximum absolute atomic E-state index is 12.9. The Morgan fingerprint density at radius 1 is 0.976 bits per heavy atom. The van der Waals surface area contributed by atoms with Gasteiger partial charge < -0.3 is 14.6 Å². The van der Waals surface area contributed by atoms with E-state index in [4.69, 9.17) is 4.74 Å². The Labute approximate surface area is 240 Å². The fourth-order valence-corrected chi connectivity index (χ4v) is 6.83. The Morgan fingerprint density at radius 3 is 2.51 bits per heavy atom. The van der Waals surface area contributed by atoms with Gasteiger partial charge in [0.15, 0.2) is 0 Å². The second-order valence-corrected chi connectivity index (χ2v) is 12.5. The molecule has 1 aliphatic carbocycles. The first-order valence-electron chi connectivity index (χ1n) is 13.8. The van der Waals surface area contributed by atoms with Crippen LogP contribution < -0.4 is 14.8 Å². The molecule has 0 spiro atoms. The van der Waals surface area contributed by atoms with Crippen molar-refractivity contribution in [2.45, 2.75) is 57.4 Å². The summed E-state index contributed by atoms with van der Waals surface area (Å²) in [5.41, 5.74) is 4.03. The Balaban J connectivity index is 1.32. The molecule has 2 N–H and O–H groups in total. The van der Waals surface area contributed by atoms with Crippen LogP contribution in [0.15, 0.2) is 71.8 Å². The molecular formula is C32H35N3O5S. The van der Waals surface area contributed by atoms with E-state index in [1.807, 2.05) is 41.1 Å². The van der Waals surface area contributed by atoms with E-state index in [1.165, 1.54) is 20.0 Å². The first kappa shape index (κ1) is 28.4. The SMILES string of the molecule is COc1cc(C(=O)NS(=O)(=O)c2cc(C)ccc2C)ccc1Cn1ccc2ccc(NC(=O)CC3CCCC3)cc21. The molecule has 1 heterocycles. The van der Waals surface area contributed by atoms with E-state index in [0.29, 0.717) is 30.2 Å². The summed E-state index contributed by atoms with van der Waals surface area (Å²) < 4.78 is 35.7. The first-order chi connectivity index (χ1) is 19.6. The van der Waals surface area contributed by atoms with Crippen LogP contribution in [0.25, 0.3) is 10.9 Å². The van der Waals surface area contributed by atoms with Gasteiger partial charge in [-0.15, -0.1) is 0 Å². The minimum Gasteiger partial charge on any atom is -0.496 e. The molecule has 0 unspecified atom stereocenters. The number of methoxy groups -OCH3 is 1. The van der Waals surface area contributed by atoms with Crippen LogP contribution in [0.2, 0.25) is 0 Å². The Hall–Kier alpha value is -4.11. The van der Waals surface area contributed by atoms with Crippen molar-refractivity contribution in [3.05, 3.63) is 89.1 Å². The van der Waals surface area contributed by atoms with Crippen LogP contribution in [-0.4, -0.2) is 31.9 Å². The number of nitrogens with zero attached hydrogens (tertiary/aromatic N) is 1. The summed E-state index contributed by atoms with van der Waals surface area (Å²) in [5.74, 6) is 0.251. The molecule has 1 saturated carbocycles. The number of ether oxygens (including phenoxy) is 1. The number of aryl methyl sites for hydroxylation is 2. The third kappa shape index (κ3) is 6.46. The van der Waals surface area contributed by atoms with Crippen molar-refractivity contribution in [1.29, 1.82) is 0 Å². The molecule has 1 aromatic heterocycles. The first-order valence-corrected chi connectivity index (χ1v) is 15.3. The van der Waals surface area contributed by atoms with Gasteiger partial charge in [-0.25, -0.2) is 13.1 Å². The molecule has 41 heavy (non-hydrogen) atoms. The predicted molar refractivity (Wildman–Crippen MR) is 160 cm³/mol. The van der Waals surface area contributed by atoms with Crippen molar-refractivity contribution < 1.29 is 22.7 Å². The molecule has 8 nitrogen and oxygen atoms in total. The molecule has 9 heteroatoms. The summed E-state index contributed by atoms with van der Waals surface area (Å²) in [7, 11) is -2.54. The highest BCUT2D eigenvalue weighted by molar-refractivity contribution is 7.90. The molecule has 1 aliphatic rings. The number of rotatable bonds is 9. The largest absolute Gasteiger partial charge is 0.496 e. The summed E-state index contributed by atoms with van der Waals surface area (Å²) in [6, 6.07) is 17.8. The number of fused-ring (bicyclic) bond motifs is 1. The highest BCUT2D eigenvalue weighted by Crippen LogP contribution is 2.29. The number of anilines is 1. The highest BCUT2D eigenvalue weighted by Gasteiger charge is 2.22. The second-order valence-electron chi connectivity index (χ2n) is 10.9. The summed E-state index contributed by atoms with van der Waals surface area (Å²) in [6.07, 6.45) is 7.19. The summed E-state index contributed by atoms with van der Waals surface area (Å²) in [4.78, 5) is 25.6. The van der Waals surface area contributed by atoms with Gasteiger partial charge in [0.1, 0.15) is 5.75 Å². The minimum absolute atomic E-state index is 0.0458. The average molecular weight is 574 g/mol. The maximum Gasteiger partial charge on any atom is 0.265 e. The van der Waals surface area contributed by atoms with Gasteiger partial charge in [0.2, 0.25) is 5.91 Å². The predicted octanol–water partition coefficient (Wildman–Crippen LogP) is 5.95. The van der Waals surface area contributed by atoms with Gasteiger partial charge in [-0.2, -0.15) is 0 Å². The fraction of sp³-hybridized carbons (Fsp3) is 0.312. The number of nitrogens with one attached hydrogen (secondary N) is 2. The quantitative estimate of drug-likeness (QED) is 0.257. The number of amides is 2. The zero-order valence-electron chi connectivity index (χ0n) is 23.6. The normalized spacial score (nSPS) is 13.8. The van der Waals surface area contributed by atoms with E-state index in [9.17, 15) is 18.0 Å². The Kier molecular flexibility index (Phi) is 8.17. The number of sulfonamides is 1. The van der Waals surface area contributed by atoms with Crippen molar-refractivity contribution in [3.8, 4) is 5.75 Å². The zero-order valence-corrected chi connectivity index (χ0v) is 24.4. The number of aromatic nitrogens is 1. The third-order valence-corrected chi connectivity index (χ3v) is 9.23. The molecule has 0 saturated heterocycles. The maximum atomic E-state index is 12.9. The van der Waals surface area contributed by atoms with Gasteiger partial charge in [-0.3, -0.25) is 9.59 Å². The molecule has 0 bridgehead atoms. The topological polar surface area (TPSA) is 106 Å². The number of hydrogen-bond acceptors (Lipinski definition) is 5. The molecule has 0 radical (unpaired) electrons. The lowest BCUT2D eigenvalue weighted by atomic mass is 10.0. The van der Waals surface area contributed by atoms with Crippen LogP contribution >= 0.6 is 0 Å². The van der Waals surface area contributed by atoms with Crippen LogP contribution in [-0.2, 0) is 21.4 Å². The molecule has 4 aromatic rings. The van der Waals surface area contributed by atoms with E-state index in [0.717, 1.165) is 40.6 Å². The lowest BCUT2D eigenvalue weighted by molar-refractivity contribution is -0.117. The number of carbonyl (C=O) groups is 2. The Bertz CT molecular complexity index is 1720. The fourth-order valence-electron chi connectivity index (χ4n) is 5.52. The van der Waals surface area contributed by atoms with Gasteiger partial charge in [-0.1, -0.05) is 37.1 Å². The van der Waals surface area contributed by atoms with Crippen LogP contribution in [0, 0.1) is 19.8 Å². The van der Waals surface area contributed by atoms with E-state index >= 15 is 0 Å². The summed E-state index contributed by atoms with van der Waals surface area (Å²) in [6.45, 7) is 3.94. The molecule has 2 amide bonds. The zero-order chi connectivity index (χ0) is 29.1. The van der Waals surface area contributed by atoms with Crippen LogP contribution in [0.4, 0.5) is 5.69 Å². The van der Waals surface area contributed by atoms with Gasteiger partial charge in [0.05, 0.1) is 24.1 Å². The van der Waals surface area contributed by atoms with E-state index < -0.39 is 15.9 Å². The average Bonchev–Trinajstić information content (AvgIpc) is 3.59.